The van der Waals surface area contributed by atoms with E-state index >= 15 is 0 Å². The number of aliphatic hydroxyl groups is 1. The Morgan fingerprint density at radius 2 is 2.13 bits per heavy atom. The molecule has 2 atom stereocenters. The highest BCUT2D eigenvalue weighted by Crippen LogP contribution is 2.57. The number of aromatic nitrogens is 4. The Bertz CT molecular complexity index is 1030. The summed E-state index contributed by atoms with van der Waals surface area (Å²) in [5.41, 5.74) is -0.342. The molecule has 3 N–H and O–H groups in total. The smallest absolute Gasteiger partial charge is 0.239 e. The summed E-state index contributed by atoms with van der Waals surface area (Å²) < 4.78 is 19.5. The molecule has 6 rings (SSSR count). The van der Waals surface area contributed by atoms with E-state index in [9.17, 15) is 14.3 Å². The van der Waals surface area contributed by atoms with E-state index in [-0.39, 0.29) is 24.7 Å². The summed E-state index contributed by atoms with van der Waals surface area (Å²) in [6.45, 7) is -0.0241. The van der Waals surface area contributed by atoms with E-state index in [1.807, 2.05) is 0 Å². The lowest BCUT2D eigenvalue weighted by atomic mass is 9.92. The number of anilines is 3. The van der Waals surface area contributed by atoms with Crippen molar-refractivity contribution in [3.63, 3.8) is 0 Å². The third-order valence-corrected chi connectivity index (χ3v) is 6.99. The average Bonchev–Trinajstić information content (AvgIpc) is 3.64. The number of aromatic amines is 1. The molecule has 3 fully saturated rings. The fourth-order valence-corrected chi connectivity index (χ4v) is 4.79. The van der Waals surface area contributed by atoms with Crippen LogP contribution < -0.4 is 15.0 Å². The van der Waals surface area contributed by atoms with Gasteiger partial charge in [-0.2, -0.15) is 10.1 Å². The molecule has 9 nitrogen and oxygen atoms in total. The number of alkyl halides is 1. The van der Waals surface area contributed by atoms with Crippen molar-refractivity contribution in [1.29, 1.82) is 0 Å². The van der Waals surface area contributed by atoms with Gasteiger partial charge in [0.05, 0.1) is 17.7 Å². The maximum Gasteiger partial charge on any atom is 0.239 e. The summed E-state index contributed by atoms with van der Waals surface area (Å²) >= 11 is 0. The Labute approximate surface area is 178 Å². The maximum absolute atomic E-state index is 13.9. The van der Waals surface area contributed by atoms with Crippen LogP contribution in [0.3, 0.4) is 0 Å². The first-order chi connectivity index (χ1) is 15.0. The van der Waals surface area contributed by atoms with Gasteiger partial charge in [-0.1, -0.05) is 0 Å². The number of halogens is 1. The van der Waals surface area contributed by atoms with Gasteiger partial charge in [-0.05, 0) is 51.4 Å². The van der Waals surface area contributed by atoms with E-state index in [1.54, 1.807) is 11.1 Å². The molecule has 3 saturated carbocycles. The number of nitrogens with zero attached hydrogens (tertiary/aromatic N) is 4. The minimum Gasteiger partial charge on any atom is -0.473 e. The Balaban J connectivity index is 1.27. The minimum atomic E-state index is -1.24. The summed E-state index contributed by atoms with van der Waals surface area (Å²) in [5.74, 6) is 1.36. The van der Waals surface area contributed by atoms with Gasteiger partial charge < -0.3 is 15.2 Å². The van der Waals surface area contributed by atoms with E-state index in [0.29, 0.717) is 42.6 Å². The van der Waals surface area contributed by atoms with Crippen molar-refractivity contribution in [2.45, 2.75) is 74.6 Å². The number of aliphatic hydroxyl groups excluding tert-OH is 1. The number of hydrogen-bond acceptors (Lipinski definition) is 7. The molecule has 3 aliphatic carbocycles. The predicted octanol–water partition coefficient (Wildman–Crippen LogP) is 2.51. The number of nitrogens with one attached hydrogen (secondary N) is 2. The number of ether oxygens (including phenoxy) is 1. The number of fused-ring (bicyclic) bond motifs is 2. The Kier molecular flexibility index (Phi) is 4.05. The Morgan fingerprint density at radius 1 is 1.29 bits per heavy atom. The number of amides is 1. The summed E-state index contributed by atoms with van der Waals surface area (Å²) in [4.78, 5) is 24.2. The zero-order valence-electron chi connectivity index (χ0n) is 17.1. The van der Waals surface area contributed by atoms with Crippen molar-refractivity contribution >= 4 is 23.4 Å². The SMILES string of the molecule is O=C1N([C@@H]2CCC[C@@H](O)C2)c2nc(Nc3cn[nH]c3OCC3(F)CC3)ncc2C12CC2. The highest BCUT2D eigenvalue weighted by molar-refractivity contribution is 6.09. The second-order valence-corrected chi connectivity index (χ2v) is 9.34. The minimum absolute atomic E-state index is 0.0241. The highest BCUT2D eigenvalue weighted by Gasteiger charge is 2.61. The van der Waals surface area contributed by atoms with Crippen LogP contribution in [0, 0.1) is 0 Å². The molecule has 31 heavy (non-hydrogen) atoms. The fraction of sp³-hybridized carbons (Fsp3) is 0.619. The largest absolute Gasteiger partial charge is 0.473 e. The van der Waals surface area contributed by atoms with Crippen LogP contribution in [0.4, 0.5) is 21.8 Å². The predicted molar refractivity (Wildman–Crippen MR) is 109 cm³/mol. The summed E-state index contributed by atoms with van der Waals surface area (Å²) in [6.07, 6.45) is 8.62. The molecular weight excluding hydrogens is 403 g/mol. The Morgan fingerprint density at radius 3 is 2.87 bits per heavy atom. The van der Waals surface area contributed by atoms with Crippen LogP contribution in [-0.4, -0.2) is 55.6 Å². The molecule has 4 aliphatic rings. The van der Waals surface area contributed by atoms with E-state index in [4.69, 9.17) is 4.74 Å². The van der Waals surface area contributed by atoms with Crippen molar-refractivity contribution in [2.24, 2.45) is 0 Å². The molecule has 0 bridgehead atoms. The first-order valence-corrected chi connectivity index (χ1v) is 11.0. The lowest BCUT2D eigenvalue weighted by Gasteiger charge is -2.33. The van der Waals surface area contributed by atoms with Crippen molar-refractivity contribution in [2.75, 3.05) is 16.8 Å². The van der Waals surface area contributed by atoms with Crippen LogP contribution in [0.25, 0.3) is 0 Å². The molecule has 0 saturated heterocycles. The van der Waals surface area contributed by atoms with Gasteiger partial charge in [-0.3, -0.25) is 9.69 Å². The van der Waals surface area contributed by atoms with Gasteiger partial charge >= 0.3 is 0 Å². The van der Waals surface area contributed by atoms with Gasteiger partial charge in [0.15, 0.2) is 0 Å². The molecular formula is C21H25FN6O3. The third kappa shape index (κ3) is 3.15. The van der Waals surface area contributed by atoms with E-state index in [0.717, 1.165) is 37.7 Å². The molecule has 164 valence electrons. The normalized spacial score (nSPS) is 27.3. The molecule has 2 aromatic rings. The quantitative estimate of drug-likeness (QED) is 0.647. The molecule has 3 heterocycles. The lowest BCUT2D eigenvalue weighted by Crippen LogP contribution is -2.44. The first kappa shape index (κ1) is 19.0. The summed E-state index contributed by atoms with van der Waals surface area (Å²) in [6, 6.07) is -0.0511. The lowest BCUT2D eigenvalue weighted by molar-refractivity contribution is -0.121. The summed E-state index contributed by atoms with van der Waals surface area (Å²) in [7, 11) is 0. The molecule has 2 aromatic heterocycles. The number of H-pyrrole nitrogens is 1. The van der Waals surface area contributed by atoms with Crippen LogP contribution in [-0.2, 0) is 10.2 Å². The number of carbonyl (C=O) groups is 1. The molecule has 1 aliphatic heterocycles. The molecule has 0 unspecified atom stereocenters. The van der Waals surface area contributed by atoms with Gasteiger partial charge in [0.25, 0.3) is 0 Å². The van der Waals surface area contributed by atoms with Crippen molar-refractivity contribution < 1.29 is 19.0 Å². The van der Waals surface area contributed by atoms with Gasteiger partial charge in [0, 0.05) is 17.8 Å². The van der Waals surface area contributed by atoms with E-state index in [1.165, 1.54) is 6.20 Å². The van der Waals surface area contributed by atoms with Gasteiger partial charge in [0.1, 0.15) is 23.8 Å². The molecule has 0 aromatic carbocycles. The van der Waals surface area contributed by atoms with Gasteiger partial charge in [0.2, 0.25) is 17.7 Å². The van der Waals surface area contributed by atoms with Crippen LogP contribution in [0.5, 0.6) is 5.88 Å². The summed E-state index contributed by atoms with van der Waals surface area (Å²) in [5, 5.41) is 19.9. The van der Waals surface area contributed by atoms with Gasteiger partial charge in [-0.25, -0.2) is 14.5 Å². The maximum atomic E-state index is 13.9. The number of rotatable bonds is 6. The van der Waals surface area contributed by atoms with Crippen molar-refractivity contribution in [3.8, 4) is 5.88 Å². The topological polar surface area (TPSA) is 116 Å². The Hall–Kier alpha value is -2.75. The second kappa shape index (κ2) is 6.62. The highest BCUT2D eigenvalue weighted by atomic mass is 19.1. The van der Waals surface area contributed by atoms with Crippen LogP contribution in [0.15, 0.2) is 12.4 Å². The monoisotopic (exact) mass is 428 g/mol. The van der Waals surface area contributed by atoms with E-state index < -0.39 is 11.1 Å². The molecule has 1 spiro atoms. The first-order valence-electron chi connectivity index (χ1n) is 11.0. The van der Waals surface area contributed by atoms with Crippen molar-refractivity contribution in [3.05, 3.63) is 18.0 Å². The van der Waals surface area contributed by atoms with Crippen LogP contribution in [0.1, 0.15) is 56.9 Å². The fourth-order valence-electron chi connectivity index (χ4n) is 4.79. The van der Waals surface area contributed by atoms with Crippen LogP contribution >= 0.6 is 0 Å². The zero-order valence-corrected chi connectivity index (χ0v) is 17.1. The second-order valence-electron chi connectivity index (χ2n) is 9.34. The average molecular weight is 428 g/mol. The van der Waals surface area contributed by atoms with E-state index in [2.05, 4.69) is 25.5 Å². The van der Waals surface area contributed by atoms with Gasteiger partial charge in [-0.15, -0.1) is 0 Å². The zero-order chi connectivity index (χ0) is 21.2. The molecule has 1 amide bonds. The number of carbonyl (C=O) groups excluding carboxylic acids is 1. The third-order valence-electron chi connectivity index (χ3n) is 6.99. The van der Waals surface area contributed by atoms with Crippen LogP contribution in [0.2, 0.25) is 0 Å². The standard InChI is InChI=1S/C21H25FN6O3/c22-20(4-5-20)11-31-17-15(10-24-27-17)25-19-23-9-14-16(26-19)28(18(30)21(14)6-7-21)12-2-1-3-13(29)8-12/h9-10,12-13,29H,1-8,11H2,(H,24,27)(H,23,25,26)/t12-,13-/m1/s1. The number of hydrogen-bond donors (Lipinski definition) is 3. The molecule has 10 heteroatoms. The van der Waals surface area contributed by atoms with Crippen molar-refractivity contribution in [1.82, 2.24) is 20.2 Å². The molecule has 0 radical (unpaired) electrons.